The van der Waals surface area contributed by atoms with Crippen LogP contribution in [0, 0.1) is 0 Å². The molecule has 3 N–H and O–H groups in total. The van der Waals surface area contributed by atoms with Crippen molar-refractivity contribution in [2.45, 2.75) is 39.2 Å². The first-order valence-corrected chi connectivity index (χ1v) is 6.61. The van der Waals surface area contributed by atoms with Gasteiger partial charge in [0.05, 0.1) is 12.1 Å². The highest BCUT2D eigenvalue weighted by molar-refractivity contribution is 5.92. The van der Waals surface area contributed by atoms with E-state index in [2.05, 4.69) is 20.8 Å². The second-order valence-electron chi connectivity index (χ2n) is 4.43. The van der Waals surface area contributed by atoms with Crippen molar-refractivity contribution in [3.05, 3.63) is 17.8 Å². The SMILES string of the molecule is CCNC(=O)c1ccc(NC(CC)(CC)CO)nn1. The molecule has 0 radical (unpaired) electrons. The average molecular weight is 266 g/mol. The van der Waals surface area contributed by atoms with Crippen LogP contribution in [-0.2, 0) is 0 Å². The highest BCUT2D eigenvalue weighted by Gasteiger charge is 2.25. The number of nitrogens with one attached hydrogen (secondary N) is 2. The molecule has 1 heterocycles. The summed E-state index contributed by atoms with van der Waals surface area (Å²) in [6.45, 7) is 6.44. The number of amides is 1. The lowest BCUT2D eigenvalue weighted by molar-refractivity contribution is 0.0950. The maximum absolute atomic E-state index is 11.5. The molecule has 1 rings (SSSR count). The smallest absolute Gasteiger partial charge is 0.271 e. The summed E-state index contributed by atoms with van der Waals surface area (Å²) in [5, 5.41) is 23.2. The number of anilines is 1. The van der Waals surface area contributed by atoms with Gasteiger partial charge in [-0.3, -0.25) is 4.79 Å². The lowest BCUT2D eigenvalue weighted by atomic mass is 9.94. The van der Waals surface area contributed by atoms with Crippen molar-refractivity contribution in [1.82, 2.24) is 15.5 Å². The number of carbonyl (C=O) groups excluding carboxylic acids is 1. The maximum atomic E-state index is 11.5. The van der Waals surface area contributed by atoms with E-state index in [0.29, 0.717) is 12.4 Å². The number of rotatable bonds is 7. The fourth-order valence-electron chi connectivity index (χ4n) is 1.73. The van der Waals surface area contributed by atoms with Crippen molar-refractivity contribution >= 4 is 11.7 Å². The minimum Gasteiger partial charge on any atom is -0.394 e. The molecule has 0 saturated heterocycles. The van der Waals surface area contributed by atoms with Crippen molar-refractivity contribution in [2.75, 3.05) is 18.5 Å². The normalized spacial score (nSPS) is 11.2. The first-order chi connectivity index (χ1) is 9.10. The summed E-state index contributed by atoms with van der Waals surface area (Å²) < 4.78 is 0. The molecule has 0 aliphatic rings. The lowest BCUT2D eigenvalue weighted by Gasteiger charge is -2.31. The molecule has 1 amide bonds. The second-order valence-corrected chi connectivity index (χ2v) is 4.43. The lowest BCUT2D eigenvalue weighted by Crippen LogP contribution is -2.41. The summed E-state index contributed by atoms with van der Waals surface area (Å²) in [5.41, 5.74) is -0.1000. The van der Waals surface area contributed by atoms with Crippen LogP contribution in [0.3, 0.4) is 0 Å². The summed E-state index contributed by atoms with van der Waals surface area (Å²) in [4.78, 5) is 11.5. The molecule has 1 aromatic heterocycles. The standard InChI is InChI=1S/C13H22N4O2/c1-4-13(5-2,9-18)15-11-8-7-10(16-17-11)12(19)14-6-3/h7-8,18H,4-6,9H2,1-3H3,(H,14,19)(H,15,17). The molecule has 0 aliphatic carbocycles. The van der Waals surface area contributed by atoms with E-state index in [0.717, 1.165) is 12.8 Å². The Bertz CT molecular complexity index is 393. The van der Waals surface area contributed by atoms with Gasteiger partial charge in [0.2, 0.25) is 0 Å². The molecule has 0 atom stereocenters. The Labute approximate surface area is 113 Å². The first-order valence-electron chi connectivity index (χ1n) is 6.61. The zero-order valence-electron chi connectivity index (χ0n) is 11.7. The van der Waals surface area contributed by atoms with Crippen LogP contribution in [0.25, 0.3) is 0 Å². The van der Waals surface area contributed by atoms with Gasteiger partial charge in [-0.15, -0.1) is 10.2 Å². The molecule has 106 valence electrons. The van der Waals surface area contributed by atoms with Gasteiger partial charge in [-0.2, -0.15) is 0 Å². The van der Waals surface area contributed by atoms with Gasteiger partial charge in [-0.05, 0) is 31.9 Å². The summed E-state index contributed by atoms with van der Waals surface area (Å²) >= 11 is 0. The van der Waals surface area contributed by atoms with Crippen LogP contribution in [0.15, 0.2) is 12.1 Å². The molecular weight excluding hydrogens is 244 g/mol. The molecule has 0 aliphatic heterocycles. The van der Waals surface area contributed by atoms with E-state index in [-0.39, 0.29) is 23.7 Å². The summed E-state index contributed by atoms with van der Waals surface area (Å²) in [7, 11) is 0. The largest absolute Gasteiger partial charge is 0.394 e. The number of nitrogens with zero attached hydrogens (tertiary/aromatic N) is 2. The van der Waals surface area contributed by atoms with Gasteiger partial charge in [0.15, 0.2) is 5.69 Å². The molecule has 6 heteroatoms. The van der Waals surface area contributed by atoms with E-state index in [9.17, 15) is 9.90 Å². The van der Waals surface area contributed by atoms with Crippen molar-refractivity contribution in [1.29, 1.82) is 0 Å². The number of aliphatic hydroxyl groups is 1. The predicted molar refractivity (Wildman–Crippen MR) is 74.1 cm³/mol. The second kappa shape index (κ2) is 7.04. The topological polar surface area (TPSA) is 87.1 Å². The van der Waals surface area contributed by atoms with Crippen LogP contribution in [-0.4, -0.2) is 39.9 Å². The Balaban J connectivity index is 2.79. The van der Waals surface area contributed by atoms with Crippen molar-refractivity contribution < 1.29 is 9.90 Å². The fraction of sp³-hybridized carbons (Fsp3) is 0.615. The molecule has 0 bridgehead atoms. The molecule has 0 fully saturated rings. The van der Waals surface area contributed by atoms with Crippen molar-refractivity contribution in [3.8, 4) is 0 Å². The van der Waals surface area contributed by atoms with Gasteiger partial charge in [-0.1, -0.05) is 13.8 Å². The maximum Gasteiger partial charge on any atom is 0.271 e. The quantitative estimate of drug-likeness (QED) is 0.690. The molecular formula is C13H22N4O2. The van der Waals surface area contributed by atoms with E-state index >= 15 is 0 Å². The molecule has 6 nitrogen and oxygen atoms in total. The molecule has 0 saturated carbocycles. The highest BCUT2D eigenvalue weighted by atomic mass is 16.3. The number of carbonyl (C=O) groups is 1. The average Bonchev–Trinajstić information content (AvgIpc) is 2.46. The zero-order valence-corrected chi connectivity index (χ0v) is 11.7. The van der Waals surface area contributed by atoms with Crippen molar-refractivity contribution in [3.63, 3.8) is 0 Å². The highest BCUT2D eigenvalue weighted by Crippen LogP contribution is 2.20. The van der Waals surface area contributed by atoms with Crippen LogP contribution in [0.5, 0.6) is 0 Å². The van der Waals surface area contributed by atoms with Gasteiger partial charge in [0.1, 0.15) is 5.82 Å². The van der Waals surface area contributed by atoms with E-state index in [1.165, 1.54) is 0 Å². The van der Waals surface area contributed by atoms with Gasteiger partial charge in [0.25, 0.3) is 5.91 Å². The zero-order chi connectivity index (χ0) is 14.3. The van der Waals surface area contributed by atoms with Crippen LogP contribution in [0.2, 0.25) is 0 Å². The minimum atomic E-state index is -0.387. The number of hydrogen-bond acceptors (Lipinski definition) is 5. The monoisotopic (exact) mass is 266 g/mol. The van der Waals surface area contributed by atoms with Crippen LogP contribution in [0.1, 0.15) is 44.1 Å². The van der Waals surface area contributed by atoms with Gasteiger partial charge >= 0.3 is 0 Å². The van der Waals surface area contributed by atoms with Crippen molar-refractivity contribution in [2.24, 2.45) is 0 Å². The molecule has 0 unspecified atom stereocenters. The summed E-state index contributed by atoms with van der Waals surface area (Å²) in [6.07, 6.45) is 1.56. The van der Waals surface area contributed by atoms with E-state index < -0.39 is 0 Å². The molecule has 1 aromatic rings. The Kier molecular flexibility index (Phi) is 5.69. The van der Waals surface area contributed by atoms with Gasteiger partial charge < -0.3 is 15.7 Å². The Morgan fingerprint density at radius 2 is 1.95 bits per heavy atom. The third kappa shape index (κ3) is 3.89. The van der Waals surface area contributed by atoms with E-state index in [1.807, 2.05) is 20.8 Å². The van der Waals surface area contributed by atoms with Gasteiger partial charge in [0, 0.05) is 6.54 Å². The van der Waals surface area contributed by atoms with Crippen LogP contribution < -0.4 is 10.6 Å². The fourth-order valence-corrected chi connectivity index (χ4v) is 1.73. The van der Waals surface area contributed by atoms with Crippen LogP contribution >= 0.6 is 0 Å². The number of aliphatic hydroxyl groups excluding tert-OH is 1. The minimum absolute atomic E-state index is 0.0275. The Morgan fingerprint density at radius 1 is 1.26 bits per heavy atom. The van der Waals surface area contributed by atoms with E-state index in [1.54, 1.807) is 12.1 Å². The Hall–Kier alpha value is -1.69. The third-order valence-corrected chi connectivity index (χ3v) is 3.28. The summed E-state index contributed by atoms with van der Waals surface area (Å²) in [6, 6.07) is 3.32. The van der Waals surface area contributed by atoms with Crippen LogP contribution in [0.4, 0.5) is 5.82 Å². The number of hydrogen-bond donors (Lipinski definition) is 3. The molecule has 0 spiro atoms. The third-order valence-electron chi connectivity index (χ3n) is 3.28. The summed E-state index contributed by atoms with van der Waals surface area (Å²) in [5.74, 6) is 0.326. The first kappa shape index (κ1) is 15.4. The molecule has 19 heavy (non-hydrogen) atoms. The number of aromatic nitrogens is 2. The Morgan fingerprint density at radius 3 is 2.37 bits per heavy atom. The van der Waals surface area contributed by atoms with E-state index in [4.69, 9.17) is 0 Å². The van der Waals surface area contributed by atoms with Gasteiger partial charge in [-0.25, -0.2) is 0 Å². The predicted octanol–water partition coefficient (Wildman–Crippen LogP) is 1.19. The molecule has 0 aromatic carbocycles.